The van der Waals surface area contributed by atoms with Gasteiger partial charge in [0.1, 0.15) is 0 Å². The number of nitrogens with one attached hydrogen (secondary N) is 2. The van der Waals surface area contributed by atoms with E-state index >= 15 is 0 Å². The maximum atomic E-state index is 12.5. The number of thiazole rings is 1. The zero-order valence-corrected chi connectivity index (χ0v) is 16.5. The van der Waals surface area contributed by atoms with Gasteiger partial charge in [0.15, 0.2) is 5.13 Å². The first-order chi connectivity index (χ1) is 12.6. The number of rotatable bonds is 3. The van der Waals surface area contributed by atoms with Gasteiger partial charge >= 0.3 is 0 Å². The maximum Gasteiger partial charge on any atom is 0.257 e. The maximum absolute atomic E-state index is 12.5. The highest BCUT2D eigenvalue weighted by Gasteiger charge is 2.18. The van der Waals surface area contributed by atoms with Crippen LogP contribution in [0.5, 0.6) is 0 Å². The van der Waals surface area contributed by atoms with E-state index in [0.717, 1.165) is 20.6 Å². The number of aromatic nitrogens is 1. The Hall–Kier alpha value is -2.16. The number of halogens is 1. The van der Waals surface area contributed by atoms with Crippen LogP contribution in [0.15, 0.2) is 57.2 Å². The van der Waals surface area contributed by atoms with Crippen LogP contribution in [0.2, 0.25) is 0 Å². The van der Waals surface area contributed by atoms with E-state index in [1.807, 2.05) is 35.7 Å². The smallest absolute Gasteiger partial charge is 0.257 e. The van der Waals surface area contributed by atoms with Gasteiger partial charge in [0.25, 0.3) is 5.91 Å². The second kappa shape index (κ2) is 7.22. The van der Waals surface area contributed by atoms with Crippen molar-refractivity contribution in [2.45, 2.75) is 4.90 Å². The Labute approximate surface area is 166 Å². The molecule has 0 aliphatic carbocycles. The van der Waals surface area contributed by atoms with Gasteiger partial charge in [-0.05, 0) is 30.3 Å². The van der Waals surface area contributed by atoms with E-state index in [4.69, 9.17) is 0 Å². The van der Waals surface area contributed by atoms with Gasteiger partial charge in [-0.3, -0.25) is 14.9 Å². The Bertz CT molecular complexity index is 1020. The predicted octanol–water partition coefficient (Wildman–Crippen LogP) is 4.87. The highest BCUT2D eigenvalue weighted by molar-refractivity contribution is 9.10. The summed E-state index contributed by atoms with van der Waals surface area (Å²) in [6, 6.07) is 13.1. The number of thioether (sulfide) groups is 1. The van der Waals surface area contributed by atoms with Crippen LogP contribution in [0.3, 0.4) is 0 Å². The Kier molecular flexibility index (Phi) is 4.80. The molecular formula is C18H12BrN3O2S2. The lowest BCUT2D eigenvalue weighted by molar-refractivity contribution is -0.113. The van der Waals surface area contributed by atoms with Crippen molar-refractivity contribution in [1.82, 2.24) is 4.98 Å². The predicted molar refractivity (Wildman–Crippen MR) is 109 cm³/mol. The first-order valence-electron chi connectivity index (χ1n) is 7.68. The van der Waals surface area contributed by atoms with E-state index in [-0.39, 0.29) is 11.8 Å². The van der Waals surface area contributed by atoms with Crippen LogP contribution in [-0.2, 0) is 4.79 Å². The Balaban J connectivity index is 1.52. The van der Waals surface area contributed by atoms with Gasteiger partial charge in [0, 0.05) is 25.9 Å². The second-order valence-electron chi connectivity index (χ2n) is 5.55. The standard InChI is InChI=1S/C18H12BrN3O2S2/c19-12-3-1-2-10(6-12)14-8-26-18(21-14)22-17(24)11-4-5-15-13(7-11)20-16(23)9-25-15/h1-8H,9H2,(H,20,23)(H,21,22,24). The summed E-state index contributed by atoms with van der Waals surface area (Å²) < 4.78 is 0.975. The van der Waals surface area contributed by atoms with E-state index in [9.17, 15) is 9.59 Å². The first kappa shape index (κ1) is 17.3. The van der Waals surface area contributed by atoms with Crippen molar-refractivity contribution in [2.75, 3.05) is 16.4 Å². The number of carbonyl (C=O) groups excluding carboxylic acids is 2. The van der Waals surface area contributed by atoms with Crippen LogP contribution >= 0.6 is 39.0 Å². The molecule has 0 unspecified atom stereocenters. The molecule has 130 valence electrons. The van der Waals surface area contributed by atoms with Gasteiger partial charge in [0.2, 0.25) is 5.91 Å². The lowest BCUT2D eigenvalue weighted by Gasteiger charge is -2.16. The highest BCUT2D eigenvalue weighted by Crippen LogP contribution is 2.32. The van der Waals surface area contributed by atoms with Gasteiger partial charge in [-0.1, -0.05) is 28.1 Å². The SMILES string of the molecule is O=C1CSc2ccc(C(=O)Nc3nc(-c4cccc(Br)c4)cs3)cc2N1. The molecule has 0 saturated carbocycles. The molecule has 0 radical (unpaired) electrons. The lowest BCUT2D eigenvalue weighted by Crippen LogP contribution is -2.19. The van der Waals surface area contributed by atoms with E-state index in [1.165, 1.54) is 23.1 Å². The van der Waals surface area contributed by atoms with Crippen molar-refractivity contribution < 1.29 is 9.59 Å². The number of hydrogen-bond acceptors (Lipinski definition) is 5. The van der Waals surface area contributed by atoms with Crippen molar-refractivity contribution in [3.8, 4) is 11.3 Å². The molecule has 1 aliphatic heterocycles. The summed E-state index contributed by atoms with van der Waals surface area (Å²) in [6.45, 7) is 0. The van der Waals surface area contributed by atoms with Gasteiger partial charge in [-0.2, -0.15) is 0 Å². The summed E-state index contributed by atoms with van der Waals surface area (Å²) in [5.41, 5.74) is 2.93. The molecule has 0 spiro atoms. The molecule has 26 heavy (non-hydrogen) atoms. The quantitative estimate of drug-likeness (QED) is 0.603. The third-order valence-electron chi connectivity index (χ3n) is 3.72. The monoisotopic (exact) mass is 445 g/mol. The molecule has 5 nitrogen and oxygen atoms in total. The van der Waals surface area contributed by atoms with E-state index in [0.29, 0.717) is 22.1 Å². The zero-order chi connectivity index (χ0) is 18.1. The Morgan fingerprint density at radius 2 is 2.12 bits per heavy atom. The topological polar surface area (TPSA) is 71.1 Å². The fourth-order valence-corrected chi connectivity index (χ4v) is 4.41. The fraction of sp³-hybridized carbons (Fsp3) is 0.0556. The third kappa shape index (κ3) is 3.67. The van der Waals surface area contributed by atoms with Crippen LogP contribution in [0.4, 0.5) is 10.8 Å². The number of hydrogen-bond donors (Lipinski definition) is 2. The molecule has 0 saturated heterocycles. The Morgan fingerprint density at radius 3 is 2.96 bits per heavy atom. The summed E-state index contributed by atoms with van der Waals surface area (Å²) in [4.78, 5) is 29.5. The highest BCUT2D eigenvalue weighted by atomic mass is 79.9. The summed E-state index contributed by atoms with van der Waals surface area (Å²) in [7, 11) is 0. The minimum atomic E-state index is -0.257. The number of amides is 2. The largest absolute Gasteiger partial charge is 0.324 e. The van der Waals surface area contributed by atoms with Crippen molar-refractivity contribution in [3.05, 3.63) is 57.9 Å². The molecular weight excluding hydrogens is 434 g/mol. The molecule has 4 rings (SSSR count). The van der Waals surface area contributed by atoms with Gasteiger partial charge in [0.05, 0.1) is 17.1 Å². The van der Waals surface area contributed by atoms with Crippen molar-refractivity contribution in [3.63, 3.8) is 0 Å². The number of fused-ring (bicyclic) bond motifs is 1. The van der Waals surface area contributed by atoms with Gasteiger partial charge < -0.3 is 5.32 Å². The van der Waals surface area contributed by atoms with Gasteiger partial charge in [-0.25, -0.2) is 4.98 Å². The minimum Gasteiger partial charge on any atom is -0.324 e. The Morgan fingerprint density at radius 1 is 1.23 bits per heavy atom. The van der Waals surface area contributed by atoms with Crippen LogP contribution in [-0.4, -0.2) is 22.6 Å². The van der Waals surface area contributed by atoms with Crippen LogP contribution in [0, 0.1) is 0 Å². The van der Waals surface area contributed by atoms with Crippen molar-refractivity contribution >= 4 is 61.7 Å². The second-order valence-corrected chi connectivity index (χ2v) is 8.34. The van der Waals surface area contributed by atoms with Crippen LogP contribution in [0.25, 0.3) is 11.3 Å². The molecule has 1 aromatic heterocycles. The lowest BCUT2D eigenvalue weighted by atomic mass is 10.2. The average Bonchev–Trinajstić information content (AvgIpc) is 3.09. The molecule has 2 heterocycles. The third-order valence-corrected chi connectivity index (χ3v) is 6.04. The van der Waals surface area contributed by atoms with Gasteiger partial charge in [-0.15, -0.1) is 23.1 Å². The van der Waals surface area contributed by atoms with Crippen LogP contribution < -0.4 is 10.6 Å². The van der Waals surface area contributed by atoms with Crippen molar-refractivity contribution in [1.29, 1.82) is 0 Å². The van der Waals surface area contributed by atoms with E-state index in [2.05, 4.69) is 31.5 Å². The molecule has 2 N–H and O–H groups in total. The number of anilines is 2. The zero-order valence-electron chi connectivity index (χ0n) is 13.3. The van der Waals surface area contributed by atoms with E-state index < -0.39 is 0 Å². The summed E-state index contributed by atoms with van der Waals surface area (Å²) in [6.07, 6.45) is 0. The van der Waals surface area contributed by atoms with Crippen LogP contribution in [0.1, 0.15) is 10.4 Å². The minimum absolute atomic E-state index is 0.0568. The molecule has 8 heteroatoms. The summed E-state index contributed by atoms with van der Waals surface area (Å²) in [5.74, 6) is 0.0853. The van der Waals surface area contributed by atoms with E-state index in [1.54, 1.807) is 12.1 Å². The first-order valence-corrected chi connectivity index (χ1v) is 10.3. The molecule has 0 atom stereocenters. The summed E-state index contributed by atoms with van der Waals surface area (Å²) >= 11 is 6.28. The molecule has 3 aromatic rings. The van der Waals surface area contributed by atoms with Crippen molar-refractivity contribution in [2.24, 2.45) is 0 Å². The molecule has 2 amide bonds. The number of carbonyl (C=O) groups is 2. The molecule has 2 aromatic carbocycles. The number of nitrogens with zero attached hydrogens (tertiary/aromatic N) is 1. The summed E-state index contributed by atoms with van der Waals surface area (Å²) in [5, 5.41) is 8.04. The normalized spacial score (nSPS) is 13.0. The molecule has 0 bridgehead atoms. The fourth-order valence-electron chi connectivity index (χ4n) is 2.51. The molecule has 1 aliphatic rings. The average molecular weight is 446 g/mol. The number of benzene rings is 2. The molecule has 0 fully saturated rings.